The zero-order valence-electron chi connectivity index (χ0n) is 18.7. The summed E-state index contributed by atoms with van der Waals surface area (Å²) in [6.07, 6.45) is 8.46. The summed E-state index contributed by atoms with van der Waals surface area (Å²) < 4.78 is 7.86. The molecule has 3 aliphatic rings. The van der Waals surface area contributed by atoms with E-state index in [9.17, 15) is 9.59 Å². The van der Waals surface area contributed by atoms with Gasteiger partial charge in [-0.2, -0.15) is 5.10 Å². The predicted octanol–water partition coefficient (Wildman–Crippen LogP) is 4.47. The summed E-state index contributed by atoms with van der Waals surface area (Å²) in [5, 5.41) is 8.12. The predicted molar refractivity (Wildman–Crippen MR) is 127 cm³/mol. The number of nitrogens with one attached hydrogen (secondary N) is 1. The number of carbonyl (C=O) groups is 2. The highest BCUT2D eigenvalue weighted by atomic mass is 35.5. The van der Waals surface area contributed by atoms with Crippen molar-refractivity contribution in [2.45, 2.75) is 56.6 Å². The minimum absolute atomic E-state index is 0.0306. The number of benzene rings is 1. The van der Waals surface area contributed by atoms with E-state index < -0.39 is 5.60 Å². The number of carbonyl (C=O) groups excluding carboxylic acids is 2. The second-order valence-electron chi connectivity index (χ2n) is 9.39. The van der Waals surface area contributed by atoms with E-state index in [2.05, 4.69) is 15.3 Å². The van der Waals surface area contributed by atoms with E-state index in [0.29, 0.717) is 37.1 Å². The van der Waals surface area contributed by atoms with E-state index >= 15 is 0 Å². The second kappa shape index (κ2) is 9.35. The van der Waals surface area contributed by atoms with E-state index in [1.54, 1.807) is 23.2 Å². The molecule has 2 aromatic rings. The van der Waals surface area contributed by atoms with Crippen molar-refractivity contribution in [3.8, 4) is 0 Å². The summed E-state index contributed by atoms with van der Waals surface area (Å²) in [5.74, 6) is 0.749. The highest BCUT2D eigenvalue weighted by Gasteiger charge is 2.46. The van der Waals surface area contributed by atoms with Gasteiger partial charge >= 0.3 is 6.09 Å². The Kier molecular flexibility index (Phi) is 6.29. The van der Waals surface area contributed by atoms with Crippen LogP contribution < -0.4 is 10.2 Å². The average Bonchev–Trinajstić information content (AvgIpc) is 3.51. The van der Waals surface area contributed by atoms with Crippen molar-refractivity contribution in [3.05, 3.63) is 41.6 Å². The number of halogens is 1. The lowest BCUT2D eigenvalue weighted by Gasteiger charge is -2.25. The first-order chi connectivity index (χ1) is 16.0. The molecular weight excluding hydrogens is 442 g/mol. The molecule has 2 aliphatic heterocycles. The Bertz CT molecular complexity index is 1000. The molecule has 1 spiro atoms. The van der Waals surface area contributed by atoms with Gasteiger partial charge in [-0.05, 0) is 56.5 Å². The van der Waals surface area contributed by atoms with Crippen LogP contribution in [-0.4, -0.2) is 58.5 Å². The Morgan fingerprint density at radius 1 is 1.12 bits per heavy atom. The third-order valence-electron chi connectivity index (χ3n) is 7.07. The molecule has 3 heterocycles. The molecule has 2 saturated heterocycles. The molecule has 3 fully saturated rings. The molecule has 5 rings (SSSR count). The first kappa shape index (κ1) is 22.2. The van der Waals surface area contributed by atoms with Gasteiger partial charge in [-0.3, -0.25) is 14.6 Å². The minimum atomic E-state index is -0.511. The third-order valence-corrected chi connectivity index (χ3v) is 7.33. The topological polar surface area (TPSA) is 79.7 Å². The van der Waals surface area contributed by atoms with Crippen molar-refractivity contribution < 1.29 is 14.3 Å². The molecule has 1 aromatic heterocycles. The molecule has 1 aromatic carbocycles. The van der Waals surface area contributed by atoms with Crippen LogP contribution >= 0.6 is 11.6 Å². The fourth-order valence-electron chi connectivity index (χ4n) is 5.32. The highest BCUT2D eigenvalue weighted by molar-refractivity contribution is 6.30. The van der Waals surface area contributed by atoms with Crippen LogP contribution in [0.15, 0.2) is 36.5 Å². The fourth-order valence-corrected chi connectivity index (χ4v) is 5.45. The van der Waals surface area contributed by atoms with Gasteiger partial charge in [0.05, 0.1) is 25.3 Å². The summed E-state index contributed by atoms with van der Waals surface area (Å²) >= 11 is 5.98. The van der Waals surface area contributed by atoms with Gasteiger partial charge in [0, 0.05) is 29.7 Å². The number of aromatic nitrogens is 2. The second-order valence-corrected chi connectivity index (χ2v) is 9.83. The molecule has 8 nitrogen and oxygen atoms in total. The number of likely N-dealkylation sites (tertiary alicyclic amines) is 1. The molecule has 176 valence electrons. The first-order valence-electron chi connectivity index (χ1n) is 11.8. The number of hydrogen-bond donors (Lipinski definition) is 1. The summed E-state index contributed by atoms with van der Waals surface area (Å²) in [6.45, 7) is 2.35. The Morgan fingerprint density at radius 2 is 1.91 bits per heavy atom. The van der Waals surface area contributed by atoms with Crippen molar-refractivity contribution in [2.24, 2.45) is 0 Å². The Hall–Kier alpha value is -2.58. The van der Waals surface area contributed by atoms with Crippen molar-refractivity contribution in [2.75, 3.05) is 36.4 Å². The van der Waals surface area contributed by atoms with Crippen LogP contribution in [0.3, 0.4) is 0 Å². The SMILES string of the molecule is O=C(CN1CCCC2(CC1)CN(c1ccc(Cl)cc1)C(=O)O2)Nc1ccnn1C1CCCC1. The molecule has 33 heavy (non-hydrogen) atoms. The average molecular weight is 472 g/mol. The number of ether oxygens (including phenoxy) is 1. The van der Waals surface area contributed by atoms with Crippen molar-refractivity contribution in [1.29, 1.82) is 0 Å². The summed E-state index contributed by atoms with van der Waals surface area (Å²) in [7, 11) is 0. The van der Waals surface area contributed by atoms with Crippen LogP contribution in [-0.2, 0) is 9.53 Å². The van der Waals surface area contributed by atoms with Crippen LogP contribution in [0.2, 0.25) is 5.02 Å². The van der Waals surface area contributed by atoms with Gasteiger partial charge in [0.2, 0.25) is 5.91 Å². The zero-order chi connectivity index (χ0) is 22.8. The Balaban J connectivity index is 1.17. The Morgan fingerprint density at radius 3 is 2.70 bits per heavy atom. The quantitative estimate of drug-likeness (QED) is 0.695. The standard InChI is InChI=1S/C24H30ClN5O3/c25-18-6-8-19(9-7-18)29-17-24(33-23(29)32)11-3-14-28(15-12-24)16-22(31)27-21-10-13-26-30(21)20-4-1-2-5-20/h6-10,13,20H,1-5,11-12,14-17H2,(H,27,31). The van der Waals surface area contributed by atoms with E-state index in [1.807, 2.05) is 22.9 Å². The molecule has 1 atom stereocenters. The van der Waals surface area contributed by atoms with Gasteiger partial charge in [-0.1, -0.05) is 24.4 Å². The summed E-state index contributed by atoms with van der Waals surface area (Å²) in [4.78, 5) is 29.2. The molecule has 1 saturated carbocycles. The largest absolute Gasteiger partial charge is 0.441 e. The van der Waals surface area contributed by atoms with Crippen LogP contribution in [0.25, 0.3) is 0 Å². The van der Waals surface area contributed by atoms with Gasteiger partial charge < -0.3 is 10.1 Å². The van der Waals surface area contributed by atoms with Crippen LogP contribution in [0.1, 0.15) is 51.0 Å². The van der Waals surface area contributed by atoms with Gasteiger partial charge in [-0.15, -0.1) is 0 Å². The van der Waals surface area contributed by atoms with E-state index in [0.717, 1.165) is 43.7 Å². The van der Waals surface area contributed by atoms with Crippen LogP contribution in [0.4, 0.5) is 16.3 Å². The van der Waals surface area contributed by atoms with E-state index in [4.69, 9.17) is 16.3 Å². The maximum Gasteiger partial charge on any atom is 0.415 e. The highest BCUT2D eigenvalue weighted by Crippen LogP contribution is 2.36. The summed E-state index contributed by atoms with van der Waals surface area (Å²) in [5.41, 5.74) is 0.281. The number of anilines is 2. The van der Waals surface area contributed by atoms with Gasteiger partial charge in [0.1, 0.15) is 11.4 Å². The van der Waals surface area contributed by atoms with Gasteiger partial charge in [-0.25, -0.2) is 9.48 Å². The van der Waals surface area contributed by atoms with Crippen molar-refractivity contribution >= 4 is 35.1 Å². The number of nitrogens with zero attached hydrogens (tertiary/aromatic N) is 4. The lowest BCUT2D eigenvalue weighted by Crippen LogP contribution is -2.38. The first-order valence-corrected chi connectivity index (χ1v) is 12.2. The summed E-state index contributed by atoms with van der Waals surface area (Å²) in [6, 6.07) is 9.49. The molecule has 1 N–H and O–H groups in total. The maximum atomic E-state index is 12.8. The third kappa shape index (κ3) is 4.87. The molecular formula is C24H30ClN5O3. The normalized spacial score (nSPS) is 24.3. The monoisotopic (exact) mass is 471 g/mol. The van der Waals surface area contributed by atoms with Crippen molar-refractivity contribution in [3.63, 3.8) is 0 Å². The van der Waals surface area contributed by atoms with E-state index in [1.165, 1.54) is 12.8 Å². The fraction of sp³-hybridized carbons (Fsp3) is 0.542. The van der Waals surface area contributed by atoms with Gasteiger partial charge in [0.15, 0.2) is 0 Å². The zero-order valence-corrected chi connectivity index (χ0v) is 19.5. The minimum Gasteiger partial charge on any atom is -0.441 e. The number of hydrogen-bond acceptors (Lipinski definition) is 5. The van der Waals surface area contributed by atoms with Crippen molar-refractivity contribution in [1.82, 2.24) is 14.7 Å². The lowest BCUT2D eigenvalue weighted by atomic mass is 9.95. The lowest BCUT2D eigenvalue weighted by molar-refractivity contribution is -0.117. The molecule has 0 radical (unpaired) electrons. The smallest absolute Gasteiger partial charge is 0.415 e. The molecule has 0 bridgehead atoms. The number of amides is 2. The molecule has 1 aliphatic carbocycles. The van der Waals surface area contributed by atoms with Gasteiger partial charge in [0.25, 0.3) is 0 Å². The molecule has 1 unspecified atom stereocenters. The van der Waals surface area contributed by atoms with Crippen LogP contribution in [0.5, 0.6) is 0 Å². The Labute approximate surface area is 198 Å². The van der Waals surface area contributed by atoms with Crippen LogP contribution in [0, 0.1) is 0 Å². The maximum absolute atomic E-state index is 12.8. The number of rotatable bonds is 5. The molecule has 2 amide bonds. The molecule has 9 heteroatoms. The van der Waals surface area contributed by atoms with E-state index in [-0.39, 0.29) is 12.0 Å².